The zero-order chi connectivity index (χ0) is 12.3. The first kappa shape index (κ1) is 12.6. The van der Waals surface area contributed by atoms with E-state index in [0.29, 0.717) is 5.15 Å². The lowest BCUT2D eigenvalue weighted by atomic mass is 10.00. The molecule has 3 nitrogen and oxygen atoms in total. The first-order valence-corrected chi connectivity index (χ1v) is 6.84. The van der Waals surface area contributed by atoms with Crippen LogP contribution in [0, 0.1) is 5.92 Å². The van der Waals surface area contributed by atoms with Gasteiger partial charge in [0, 0.05) is 18.7 Å². The number of hydrogen-bond acceptors (Lipinski definition) is 3. The Hall–Kier alpha value is -0.830. The molecule has 0 saturated carbocycles. The van der Waals surface area contributed by atoms with Gasteiger partial charge in [0.05, 0.1) is 0 Å². The Bertz CT molecular complexity index is 381. The zero-order valence-corrected chi connectivity index (χ0v) is 11.4. The predicted octanol–water partition coefficient (Wildman–Crippen LogP) is 3.32. The minimum absolute atomic E-state index is 0.620. The summed E-state index contributed by atoms with van der Waals surface area (Å²) >= 11 is 6.19. The van der Waals surface area contributed by atoms with Crippen molar-refractivity contribution in [2.24, 2.45) is 5.92 Å². The molecule has 2 rings (SSSR count). The number of halogens is 1. The largest absolute Gasteiger partial charge is 0.356 e. The summed E-state index contributed by atoms with van der Waals surface area (Å²) in [5.74, 6) is 1.80. The van der Waals surface area contributed by atoms with Gasteiger partial charge in [0.2, 0.25) is 0 Å². The number of hydrogen-bond donors (Lipinski definition) is 0. The van der Waals surface area contributed by atoms with Crippen molar-refractivity contribution in [1.82, 2.24) is 9.97 Å². The Morgan fingerprint density at radius 3 is 3.00 bits per heavy atom. The van der Waals surface area contributed by atoms with Crippen molar-refractivity contribution in [2.45, 2.75) is 39.5 Å². The van der Waals surface area contributed by atoms with Crippen LogP contribution in [0.2, 0.25) is 5.15 Å². The molecule has 0 spiro atoms. The molecular weight excluding hydrogens is 234 g/mol. The van der Waals surface area contributed by atoms with E-state index >= 15 is 0 Å². The molecule has 17 heavy (non-hydrogen) atoms. The summed E-state index contributed by atoms with van der Waals surface area (Å²) in [5, 5.41) is 0.620. The molecule has 94 valence electrons. The van der Waals surface area contributed by atoms with Gasteiger partial charge in [-0.15, -0.1) is 0 Å². The second-order valence-corrected chi connectivity index (χ2v) is 5.27. The van der Waals surface area contributed by atoms with Crippen LogP contribution >= 0.6 is 11.6 Å². The Labute approximate surface area is 108 Å². The first-order valence-electron chi connectivity index (χ1n) is 6.46. The highest BCUT2D eigenvalue weighted by Gasteiger charge is 2.21. The maximum Gasteiger partial charge on any atom is 0.137 e. The van der Waals surface area contributed by atoms with Crippen LogP contribution in [0.1, 0.15) is 38.7 Å². The number of aromatic nitrogens is 2. The molecule has 1 unspecified atom stereocenters. The van der Waals surface area contributed by atoms with Gasteiger partial charge in [0.25, 0.3) is 0 Å². The molecule has 0 aromatic carbocycles. The van der Waals surface area contributed by atoms with Gasteiger partial charge in [0.15, 0.2) is 0 Å². The number of anilines is 1. The second-order valence-electron chi connectivity index (χ2n) is 4.91. The fourth-order valence-corrected chi connectivity index (χ4v) is 2.72. The third kappa shape index (κ3) is 2.89. The third-order valence-electron chi connectivity index (χ3n) is 3.33. The van der Waals surface area contributed by atoms with Gasteiger partial charge in [0.1, 0.15) is 17.3 Å². The van der Waals surface area contributed by atoms with Gasteiger partial charge >= 0.3 is 0 Å². The highest BCUT2D eigenvalue weighted by Crippen LogP contribution is 2.28. The van der Waals surface area contributed by atoms with Crippen molar-refractivity contribution in [2.75, 3.05) is 18.0 Å². The van der Waals surface area contributed by atoms with E-state index in [1.165, 1.54) is 12.8 Å². The molecule has 0 amide bonds. The molecule has 0 N–H and O–H groups in total. The van der Waals surface area contributed by atoms with E-state index in [-0.39, 0.29) is 0 Å². The van der Waals surface area contributed by atoms with Gasteiger partial charge in [-0.1, -0.05) is 31.9 Å². The molecule has 1 aromatic heterocycles. The Kier molecular flexibility index (Phi) is 4.21. The van der Waals surface area contributed by atoms with Gasteiger partial charge in [-0.05, 0) is 25.2 Å². The molecule has 1 aliphatic heterocycles. The summed E-state index contributed by atoms with van der Waals surface area (Å²) in [6.07, 6.45) is 6.17. The van der Waals surface area contributed by atoms with E-state index in [9.17, 15) is 0 Å². The lowest BCUT2D eigenvalue weighted by Gasteiger charge is -2.33. The fraction of sp³-hybridized carbons (Fsp3) is 0.692. The molecule has 0 bridgehead atoms. The standard InChI is InChI=1S/C13H20ClN3/c1-3-5-11-12(14)15-9-16-13(11)17-7-4-6-10(2)8-17/h9-10H,3-8H2,1-2H3. The van der Waals surface area contributed by atoms with Crippen LogP contribution in [0.25, 0.3) is 0 Å². The van der Waals surface area contributed by atoms with Crippen LogP contribution in [0.5, 0.6) is 0 Å². The number of nitrogens with zero attached hydrogens (tertiary/aromatic N) is 3. The molecule has 1 saturated heterocycles. The lowest BCUT2D eigenvalue weighted by molar-refractivity contribution is 0.443. The summed E-state index contributed by atoms with van der Waals surface area (Å²) in [5.41, 5.74) is 1.12. The summed E-state index contributed by atoms with van der Waals surface area (Å²) < 4.78 is 0. The van der Waals surface area contributed by atoms with E-state index in [4.69, 9.17) is 11.6 Å². The summed E-state index contributed by atoms with van der Waals surface area (Å²) in [7, 11) is 0. The molecule has 1 aliphatic rings. The van der Waals surface area contributed by atoms with Crippen LogP contribution in [-0.2, 0) is 6.42 Å². The van der Waals surface area contributed by atoms with Crippen LogP contribution in [0.15, 0.2) is 6.33 Å². The van der Waals surface area contributed by atoms with Gasteiger partial charge in [-0.2, -0.15) is 0 Å². The molecule has 2 heterocycles. The van der Waals surface area contributed by atoms with E-state index in [2.05, 4.69) is 28.7 Å². The predicted molar refractivity (Wildman–Crippen MR) is 71.6 cm³/mol. The molecule has 1 fully saturated rings. The summed E-state index contributed by atoms with van der Waals surface area (Å²) in [6, 6.07) is 0. The van der Waals surface area contributed by atoms with Crippen LogP contribution in [0.4, 0.5) is 5.82 Å². The van der Waals surface area contributed by atoms with Crippen molar-refractivity contribution in [1.29, 1.82) is 0 Å². The number of rotatable bonds is 3. The van der Waals surface area contributed by atoms with Gasteiger partial charge in [-0.3, -0.25) is 0 Å². The highest BCUT2D eigenvalue weighted by atomic mass is 35.5. The van der Waals surface area contributed by atoms with Crippen molar-refractivity contribution in [3.63, 3.8) is 0 Å². The van der Waals surface area contributed by atoms with E-state index in [1.54, 1.807) is 6.33 Å². The van der Waals surface area contributed by atoms with Crippen LogP contribution in [0.3, 0.4) is 0 Å². The van der Waals surface area contributed by atoms with Crippen molar-refractivity contribution >= 4 is 17.4 Å². The maximum atomic E-state index is 6.19. The van der Waals surface area contributed by atoms with Crippen molar-refractivity contribution in [3.8, 4) is 0 Å². The minimum Gasteiger partial charge on any atom is -0.356 e. The van der Waals surface area contributed by atoms with Crippen molar-refractivity contribution in [3.05, 3.63) is 17.0 Å². The molecule has 0 aliphatic carbocycles. The Morgan fingerprint density at radius 1 is 1.47 bits per heavy atom. The van der Waals surface area contributed by atoms with Crippen LogP contribution < -0.4 is 4.90 Å². The number of piperidine rings is 1. The average Bonchev–Trinajstić information content (AvgIpc) is 2.32. The smallest absolute Gasteiger partial charge is 0.137 e. The maximum absolute atomic E-state index is 6.19. The lowest BCUT2D eigenvalue weighted by Crippen LogP contribution is -2.35. The first-order chi connectivity index (χ1) is 8.22. The van der Waals surface area contributed by atoms with Crippen molar-refractivity contribution < 1.29 is 0 Å². The third-order valence-corrected chi connectivity index (χ3v) is 3.65. The van der Waals surface area contributed by atoms with E-state index in [0.717, 1.165) is 43.2 Å². The SMILES string of the molecule is CCCc1c(Cl)ncnc1N1CCCC(C)C1. The van der Waals surface area contributed by atoms with Crippen LogP contribution in [-0.4, -0.2) is 23.1 Å². The topological polar surface area (TPSA) is 29.0 Å². The quantitative estimate of drug-likeness (QED) is 0.774. The van der Waals surface area contributed by atoms with E-state index < -0.39 is 0 Å². The average molecular weight is 254 g/mol. The zero-order valence-electron chi connectivity index (χ0n) is 10.6. The van der Waals surface area contributed by atoms with E-state index in [1.807, 2.05) is 0 Å². The monoisotopic (exact) mass is 253 g/mol. The second kappa shape index (κ2) is 5.67. The Morgan fingerprint density at radius 2 is 2.29 bits per heavy atom. The molecule has 1 aromatic rings. The fourth-order valence-electron chi connectivity index (χ4n) is 2.50. The van der Waals surface area contributed by atoms with Gasteiger partial charge in [-0.25, -0.2) is 9.97 Å². The minimum atomic E-state index is 0.620. The highest BCUT2D eigenvalue weighted by molar-refractivity contribution is 6.30. The molecule has 1 atom stereocenters. The normalized spacial score (nSPS) is 20.6. The summed E-state index contributed by atoms with van der Waals surface area (Å²) in [6.45, 7) is 6.64. The summed E-state index contributed by atoms with van der Waals surface area (Å²) in [4.78, 5) is 10.9. The molecular formula is C13H20ClN3. The molecule has 0 radical (unpaired) electrons. The molecule has 4 heteroatoms. The Balaban J connectivity index is 2.27. The van der Waals surface area contributed by atoms with Gasteiger partial charge < -0.3 is 4.90 Å².